The van der Waals surface area contributed by atoms with E-state index in [1.807, 2.05) is 24.3 Å². The number of carbonyl (C=O) groups excluding carboxylic acids is 1. The zero-order valence-electron chi connectivity index (χ0n) is 10.1. The van der Waals surface area contributed by atoms with E-state index in [1.54, 1.807) is 12.1 Å². The molecule has 0 N–H and O–H groups in total. The number of Topliss-reactive ketones (excluding diaryl/α,β-unsaturated/α-hetero) is 1. The average molecular weight is 336 g/mol. The number of ketones is 1. The van der Waals surface area contributed by atoms with E-state index in [4.69, 9.17) is 11.6 Å². The first-order chi connectivity index (χ1) is 9.16. The van der Waals surface area contributed by atoms with Crippen LogP contribution in [0.2, 0.25) is 5.02 Å². The highest BCUT2D eigenvalue weighted by Gasteiger charge is 2.44. The lowest BCUT2D eigenvalue weighted by molar-refractivity contribution is 0.0965. The predicted molar refractivity (Wildman–Crippen MR) is 80.8 cm³/mol. The quantitative estimate of drug-likeness (QED) is 0.714. The van der Waals surface area contributed by atoms with Gasteiger partial charge in [0.25, 0.3) is 0 Å². The van der Waals surface area contributed by atoms with Crippen LogP contribution in [0.3, 0.4) is 0 Å². The van der Waals surface area contributed by atoms with Crippen LogP contribution in [0.4, 0.5) is 0 Å². The normalized spacial score (nSPS) is 21.2. The number of halogens is 2. The summed E-state index contributed by atoms with van der Waals surface area (Å²) >= 11 is 9.49. The number of hydrogen-bond acceptors (Lipinski definition) is 1. The van der Waals surface area contributed by atoms with Gasteiger partial charge in [0, 0.05) is 16.0 Å². The van der Waals surface area contributed by atoms with E-state index in [-0.39, 0.29) is 11.7 Å². The monoisotopic (exact) mass is 334 g/mol. The van der Waals surface area contributed by atoms with Crippen molar-refractivity contribution in [3.63, 3.8) is 0 Å². The minimum absolute atomic E-state index is 0.0843. The fraction of sp³-hybridized carbons (Fsp3) is 0.188. The highest BCUT2D eigenvalue weighted by Crippen LogP contribution is 2.49. The topological polar surface area (TPSA) is 17.1 Å². The molecular weight excluding hydrogens is 324 g/mol. The van der Waals surface area contributed by atoms with E-state index in [1.165, 1.54) is 5.56 Å². The number of carbonyl (C=O) groups is 1. The molecule has 0 heterocycles. The fourth-order valence-electron chi connectivity index (χ4n) is 2.44. The maximum atomic E-state index is 12.4. The molecule has 19 heavy (non-hydrogen) atoms. The predicted octanol–water partition coefficient (Wildman–Crippen LogP) is 5.09. The average Bonchev–Trinajstić information content (AvgIpc) is 3.19. The van der Waals surface area contributed by atoms with Gasteiger partial charge >= 0.3 is 0 Å². The summed E-state index contributed by atoms with van der Waals surface area (Å²) in [6.45, 7) is 0. The third-order valence-corrected chi connectivity index (χ3v) is 4.36. The highest BCUT2D eigenvalue weighted by atomic mass is 79.9. The molecule has 2 atom stereocenters. The molecule has 0 amide bonds. The molecule has 3 heteroatoms. The Balaban J connectivity index is 1.80. The van der Waals surface area contributed by atoms with Crippen molar-refractivity contribution in [3.8, 4) is 0 Å². The van der Waals surface area contributed by atoms with Gasteiger partial charge in [0.15, 0.2) is 5.78 Å². The lowest BCUT2D eigenvalue weighted by atomic mass is 10.0. The second-order valence-corrected chi connectivity index (χ2v) is 6.17. The first kappa shape index (κ1) is 12.9. The maximum absolute atomic E-state index is 12.4. The van der Waals surface area contributed by atoms with Crippen molar-refractivity contribution in [3.05, 3.63) is 69.2 Å². The van der Waals surface area contributed by atoms with Gasteiger partial charge in [0.05, 0.1) is 5.02 Å². The lowest BCUT2D eigenvalue weighted by Crippen LogP contribution is -2.04. The Kier molecular flexibility index (Phi) is 3.46. The molecular formula is C16H12BrClO. The van der Waals surface area contributed by atoms with Gasteiger partial charge in [-0.15, -0.1) is 0 Å². The lowest BCUT2D eigenvalue weighted by Gasteiger charge is -2.04. The molecule has 1 nitrogen and oxygen atoms in total. The summed E-state index contributed by atoms with van der Waals surface area (Å²) in [4.78, 5) is 12.4. The molecule has 0 spiro atoms. The van der Waals surface area contributed by atoms with E-state index in [0.717, 1.165) is 10.9 Å². The molecule has 2 aromatic carbocycles. The van der Waals surface area contributed by atoms with Gasteiger partial charge in [-0.25, -0.2) is 0 Å². The van der Waals surface area contributed by atoms with Crippen LogP contribution in [-0.2, 0) is 0 Å². The smallest absolute Gasteiger partial charge is 0.168 e. The van der Waals surface area contributed by atoms with Crippen LogP contribution in [0.1, 0.15) is 28.3 Å². The van der Waals surface area contributed by atoms with Crippen LogP contribution in [-0.4, -0.2) is 5.78 Å². The molecule has 1 aliphatic rings. The Bertz CT molecular complexity index is 624. The van der Waals surface area contributed by atoms with E-state index >= 15 is 0 Å². The van der Waals surface area contributed by atoms with Gasteiger partial charge < -0.3 is 0 Å². The SMILES string of the molecule is O=C(c1ccc(Br)cc1Cl)C1CC1c1ccccc1. The van der Waals surface area contributed by atoms with Crippen LogP contribution in [0.25, 0.3) is 0 Å². The minimum Gasteiger partial charge on any atom is -0.294 e. The molecule has 1 fully saturated rings. The first-order valence-electron chi connectivity index (χ1n) is 6.21. The van der Waals surface area contributed by atoms with Gasteiger partial charge in [-0.3, -0.25) is 4.79 Å². The second-order valence-electron chi connectivity index (χ2n) is 4.85. The van der Waals surface area contributed by atoms with Crippen molar-refractivity contribution >= 4 is 33.3 Å². The number of hydrogen-bond donors (Lipinski definition) is 0. The summed E-state index contributed by atoms with van der Waals surface area (Å²) in [7, 11) is 0. The third kappa shape index (κ3) is 2.60. The van der Waals surface area contributed by atoms with E-state index < -0.39 is 0 Å². The zero-order chi connectivity index (χ0) is 13.4. The molecule has 3 rings (SSSR count). The summed E-state index contributed by atoms with van der Waals surface area (Å²) in [5.74, 6) is 0.598. The summed E-state index contributed by atoms with van der Waals surface area (Å²) in [6.07, 6.45) is 0.926. The number of benzene rings is 2. The molecule has 0 radical (unpaired) electrons. The Morgan fingerprint density at radius 1 is 1.16 bits per heavy atom. The molecule has 0 saturated heterocycles. The van der Waals surface area contributed by atoms with Gasteiger partial charge in [-0.05, 0) is 36.1 Å². The summed E-state index contributed by atoms with van der Waals surface area (Å²) in [5, 5.41) is 0.526. The van der Waals surface area contributed by atoms with Crippen molar-refractivity contribution in [1.29, 1.82) is 0 Å². The van der Waals surface area contributed by atoms with Gasteiger partial charge in [0.2, 0.25) is 0 Å². The maximum Gasteiger partial charge on any atom is 0.168 e. The molecule has 0 aromatic heterocycles. The van der Waals surface area contributed by atoms with Crippen molar-refractivity contribution in [2.45, 2.75) is 12.3 Å². The Labute approximate surface area is 125 Å². The van der Waals surface area contributed by atoms with Crippen molar-refractivity contribution in [2.75, 3.05) is 0 Å². The van der Waals surface area contributed by atoms with Crippen LogP contribution >= 0.6 is 27.5 Å². The van der Waals surface area contributed by atoms with Crippen LogP contribution < -0.4 is 0 Å². The van der Waals surface area contributed by atoms with Crippen LogP contribution in [0, 0.1) is 5.92 Å². The molecule has 0 bridgehead atoms. The highest BCUT2D eigenvalue weighted by molar-refractivity contribution is 9.10. The molecule has 96 valence electrons. The third-order valence-electron chi connectivity index (χ3n) is 3.55. The van der Waals surface area contributed by atoms with E-state index in [9.17, 15) is 4.79 Å². The Hall–Kier alpha value is -1.12. The van der Waals surface area contributed by atoms with Crippen molar-refractivity contribution in [2.24, 2.45) is 5.92 Å². The van der Waals surface area contributed by atoms with Crippen molar-refractivity contribution < 1.29 is 4.79 Å². The zero-order valence-corrected chi connectivity index (χ0v) is 12.5. The molecule has 0 aliphatic heterocycles. The van der Waals surface area contributed by atoms with Gasteiger partial charge in [-0.1, -0.05) is 57.9 Å². The summed E-state index contributed by atoms with van der Waals surface area (Å²) in [5.41, 5.74) is 1.88. The first-order valence-corrected chi connectivity index (χ1v) is 7.38. The van der Waals surface area contributed by atoms with E-state index in [0.29, 0.717) is 16.5 Å². The van der Waals surface area contributed by atoms with E-state index in [2.05, 4.69) is 28.1 Å². The minimum atomic E-state index is 0.0843. The van der Waals surface area contributed by atoms with Crippen LogP contribution in [0.15, 0.2) is 53.0 Å². The second kappa shape index (κ2) is 5.10. The molecule has 2 aromatic rings. The number of rotatable bonds is 3. The standard InChI is InChI=1S/C16H12BrClO/c17-11-6-7-12(15(18)8-11)16(19)14-9-13(14)10-4-2-1-3-5-10/h1-8,13-14H,9H2. The fourth-order valence-corrected chi connectivity index (χ4v) is 3.21. The van der Waals surface area contributed by atoms with Crippen LogP contribution in [0.5, 0.6) is 0 Å². The Morgan fingerprint density at radius 3 is 2.58 bits per heavy atom. The summed E-state index contributed by atoms with van der Waals surface area (Å²) < 4.78 is 0.893. The van der Waals surface area contributed by atoms with Gasteiger partial charge in [-0.2, -0.15) is 0 Å². The molecule has 2 unspecified atom stereocenters. The molecule has 1 saturated carbocycles. The Morgan fingerprint density at radius 2 is 1.89 bits per heavy atom. The largest absolute Gasteiger partial charge is 0.294 e. The summed E-state index contributed by atoms with van der Waals surface area (Å²) in [6, 6.07) is 15.6. The van der Waals surface area contributed by atoms with Crippen molar-refractivity contribution in [1.82, 2.24) is 0 Å². The molecule has 1 aliphatic carbocycles. The van der Waals surface area contributed by atoms with Gasteiger partial charge in [0.1, 0.15) is 0 Å².